The lowest BCUT2D eigenvalue weighted by atomic mass is 9.97. The lowest BCUT2D eigenvalue weighted by Gasteiger charge is -2.37. The lowest BCUT2D eigenvalue weighted by Crippen LogP contribution is -2.45. The number of nitrogens with one attached hydrogen (secondary N) is 1. The highest BCUT2D eigenvalue weighted by Crippen LogP contribution is 2.21. The Balaban J connectivity index is 2.81. The molecule has 1 rings (SSSR count). The van der Waals surface area contributed by atoms with E-state index >= 15 is 0 Å². The van der Waals surface area contributed by atoms with Gasteiger partial charge in [-0.1, -0.05) is 43.7 Å². The standard InChI is InChI=1S/C17H30N2/c1-7-17(4,5)19(6)13-16(18-8-2)15-11-9-14(3)10-12-15/h9-12,16,18H,7-8,13H2,1-6H3. The summed E-state index contributed by atoms with van der Waals surface area (Å²) in [7, 11) is 2.22. The SMILES string of the molecule is CCNC(CN(C)C(C)(C)CC)c1ccc(C)cc1. The first-order chi connectivity index (χ1) is 8.90. The third kappa shape index (κ3) is 4.63. The molecular formula is C17H30N2. The second-order valence-corrected chi connectivity index (χ2v) is 6.07. The predicted molar refractivity (Wildman–Crippen MR) is 84.6 cm³/mol. The quantitative estimate of drug-likeness (QED) is 0.805. The molecule has 2 nitrogen and oxygen atoms in total. The Bertz CT molecular complexity index is 367. The third-order valence-corrected chi connectivity index (χ3v) is 4.29. The minimum atomic E-state index is 0.248. The molecule has 0 fully saturated rings. The van der Waals surface area contributed by atoms with Gasteiger partial charge in [0.2, 0.25) is 0 Å². The van der Waals surface area contributed by atoms with E-state index in [0.29, 0.717) is 6.04 Å². The van der Waals surface area contributed by atoms with E-state index in [2.05, 4.69) is 76.1 Å². The summed E-state index contributed by atoms with van der Waals surface area (Å²) >= 11 is 0. The van der Waals surface area contributed by atoms with Crippen molar-refractivity contribution in [2.24, 2.45) is 0 Å². The molecule has 0 aliphatic carbocycles. The van der Waals surface area contributed by atoms with Crippen LogP contribution in [0.5, 0.6) is 0 Å². The molecule has 19 heavy (non-hydrogen) atoms. The molecule has 108 valence electrons. The van der Waals surface area contributed by atoms with E-state index in [1.807, 2.05) is 0 Å². The molecule has 0 bridgehead atoms. The first kappa shape index (κ1) is 16.2. The van der Waals surface area contributed by atoms with E-state index in [1.165, 1.54) is 11.1 Å². The molecule has 0 aliphatic heterocycles. The Morgan fingerprint density at radius 1 is 1.16 bits per heavy atom. The minimum Gasteiger partial charge on any atom is -0.309 e. The zero-order valence-corrected chi connectivity index (χ0v) is 13.5. The smallest absolute Gasteiger partial charge is 0.0449 e. The van der Waals surface area contributed by atoms with Crippen molar-refractivity contribution < 1.29 is 0 Å². The van der Waals surface area contributed by atoms with Crippen LogP contribution in [0.1, 0.15) is 51.3 Å². The Morgan fingerprint density at radius 3 is 2.21 bits per heavy atom. The molecular weight excluding hydrogens is 232 g/mol. The van der Waals surface area contributed by atoms with Crippen LogP contribution in [0.4, 0.5) is 0 Å². The average Bonchev–Trinajstić information content (AvgIpc) is 2.39. The van der Waals surface area contributed by atoms with Gasteiger partial charge in [-0.2, -0.15) is 0 Å². The van der Waals surface area contributed by atoms with Crippen molar-refractivity contribution in [2.75, 3.05) is 20.1 Å². The molecule has 0 heterocycles. The molecule has 0 amide bonds. The van der Waals surface area contributed by atoms with E-state index in [-0.39, 0.29) is 5.54 Å². The Hall–Kier alpha value is -0.860. The van der Waals surface area contributed by atoms with Crippen LogP contribution in [-0.2, 0) is 0 Å². The molecule has 0 saturated heterocycles. The number of hydrogen-bond acceptors (Lipinski definition) is 2. The molecule has 1 N–H and O–H groups in total. The van der Waals surface area contributed by atoms with Crippen molar-refractivity contribution >= 4 is 0 Å². The molecule has 0 aliphatic rings. The van der Waals surface area contributed by atoms with Gasteiger partial charge in [0.25, 0.3) is 0 Å². The molecule has 1 unspecified atom stereocenters. The Morgan fingerprint density at radius 2 is 1.74 bits per heavy atom. The van der Waals surface area contributed by atoms with Crippen molar-refractivity contribution in [1.29, 1.82) is 0 Å². The second kappa shape index (κ2) is 7.06. The number of hydrogen-bond donors (Lipinski definition) is 1. The highest BCUT2D eigenvalue weighted by molar-refractivity contribution is 5.24. The summed E-state index contributed by atoms with van der Waals surface area (Å²) in [5, 5.41) is 3.60. The number of nitrogens with zero attached hydrogens (tertiary/aromatic N) is 1. The lowest BCUT2D eigenvalue weighted by molar-refractivity contribution is 0.136. The van der Waals surface area contributed by atoms with Crippen molar-refractivity contribution in [1.82, 2.24) is 10.2 Å². The summed E-state index contributed by atoms with van der Waals surface area (Å²) in [5.74, 6) is 0. The minimum absolute atomic E-state index is 0.248. The molecule has 0 spiro atoms. The van der Waals surface area contributed by atoms with Crippen LogP contribution in [0.15, 0.2) is 24.3 Å². The summed E-state index contributed by atoms with van der Waals surface area (Å²) < 4.78 is 0. The van der Waals surface area contributed by atoms with Gasteiger partial charge in [0.15, 0.2) is 0 Å². The maximum atomic E-state index is 3.60. The van der Waals surface area contributed by atoms with E-state index in [0.717, 1.165) is 19.5 Å². The second-order valence-electron chi connectivity index (χ2n) is 6.07. The first-order valence-electron chi connectivity index (χ1n) is 7.42. The van der Waals surface area contributed by atoms with Crippen LogP contribution in [0, 0.1) is 6.92 Å². The molecule has 1 aromatic rings. The van der Waals surface area contributed by atoms with Crippen molar-refractivity contribution in [3.8, 4) is 0 Å². The summed E-state index contributed by atoms with van der Waals surface area (Å²) in [6.45, 7) is 13.2. The van der Waals surface area contributed by atoms with Gasteiger partial charge < -0.3 is 5.32 Å². The molecule has 0 saturated carbocycles. The van der Waals surface area contributed by atoms with Gasteiger partial charge in [-0.15, -0.1) is 0 Å². The Kier molecular flexibility index (Phi) is 6.02. The van der Waals surface area contributed by atoms with Crippen LogP contribution in [0.3, 0.4) is 0 Å². The van der Waals surface area contributed by atoms with Gasteiger partial charge >= 0.3 is 0 Å². The van der Waals surface area contributed by atoms with Crippen LogP contribution in [0.2, 0.25) is 0 Å². The fourth-order valence-corrected chi connectivity index (χ4v) is 2.12. The number of aryl methyl sites for hydroxylation is 1. The van der Waals surface area contributed by atoms with E-state index in [1.54, 1.807) is 0 Å². The molecule has 1 atom stereocenters. The van der Waals surface area contributed by atoms with Gasteiger partial charge in [0.1, 0.15) is 0 Å². The highest BCUT2D eigenvalue weighted by Gasteiger charge is 2.24. The topological polar surface area (TPSA) is 15.3 Å². The van der Waals surface area contributed by atoms with Gasteiger partial charge in [-0.3, -0.25) is 4.90 Å². The van der Waals surface area contributed by atoms with Crippen LogP contribution in [-0.4, -0.2) is 30.6 Å². The van der Waals surface area contributed by atoms with Gasteiger partial charge in [-0.05, 0) is 46.3 Å². The molecule has 2 heteroatoms. The number of benzene rings is 1. The van der Waals surface area contributed by atoms with Crippen molar-refractivity contribution in [2.45, 2.75) is 52.6 Å². The summed E-state index contributed by atoms with van der Waals surface area (Å²) in [5.41, 5.74) is 2.95. The van der Waals surface area contributed by atoms with Crippen molar-refractivity contribution in [3.63, 3.8) is 0 Å². The molecule has 0 aromatic heterocycles. The maximum Gasteiger partial charge on any atom is 0.0449 e. The fraction of sp³-hybridized carbons (Fsp3) is 0.647. The number of likely N-dealkylation sites (N-methyl/N-ethyl adjacent to an activating group) is 2. The maximum absolute atomic E-state index is 3.60. The van der Waals surface area contributed by atoms with E-state index in [4.69, 9.17) is 0 Å². The van der Waals surface area contributed by atoms with Gasteiger partial charge in [0.05, 0.1) is 0 Å². The Labute approximate surface area is 119 Å². The largest absolute Gasteiger partial charge is 0.309 e. The predicted octanol–water partition coefficient (Wildman–Crippen LogP) is 3.77. The van der Waals surface area contributed by atoms with E-state index in [9.17, 15) is 0 Å². The zero-order valence-electron chi connectivity index (χ0n) is 13.5. The highest BCUT2D eigenvalue weighted by atomic mass is 15.2. The van der Waals surface area contributed by atoms with Crippen LogP contribution < -0.4 is 5.32 Å². The monoisotopic (exact) mass is 262 g/mol. The first-order valence-corrected chi connectivity index (χ1v) is 7.42. The molecule has 0 radical (unpaired) electrons. The van der Waals surface area contributed by atoms with Crippen molar-refractivity contribution in [3.05, 3.63) is 35.4 Å². The third-order valence-electron chi connectivity index (χ3n) is 4.29. The van der Waals surface area contributed by atoms with Gasteiger partial charge in [0, 0.05) is 18.1 Å². The zero-order chi connectivity index (χ0) is 14.5. The summed E-state index contributed by atoms with van der Waals surface area (Å²) in [6, 6.07) is 9.29. The van der Waals surface area contributed by atoms with Crippen LogP contribution in [0.25, 0.3) is 0 Å². The van der Waals surface area contributed by atoms with Gasteiger partial charge in [-0.25, -0.2) is 0 Å². The fourth-order valence-electron chi connectivity index (χ4n) is 2.12. The summed E-state index contributed by atoms with van der Waals surface area (Å²) in [6.07, 6.45) is 1.16. The van der Waals surface area contributed by atoms with Crippen LogP contribution >= 0.6 is 0 Å². The average molecular weight is 262 g/mol. The number of rotatable bonds is 7. The molecule has 1 aromatic carbocycles. The van der Waals surface area contributed by atoms with E-state index < -0.39 is 0 Å². The normalized spacial score (nSPS) is 13.8. The summed E-state index contributed by atoms with van der Waals surface area (Å²) in [4.78, 5) is 2.46.